The van der Waals surface area contributed by atoms with E-state index in [9.17, 15) is 0 Å². The fourth-order valence-electron chi connectivity index (χ4n) is 5.07. The highest BCUT2D eigenvalue weighted by Gasteiger charge is 2.43. The lowest BCUT2D eigenvalue weighted by atomic mass is 10.00. The zero-order valence-corrected chi connectivity index (χ0v) is 18.0. The number of rotatable bonds is 1. The maximum atomic E-state index is 3.97. The van der Waals surface area contributed by atoms with Gasteiger partial charge in [-0.3, -0.25) is 0 Å². The highest BCUT2D eigenvalue weighted by molar-refractivity contribution is 7.06. The second-order valence-electron chi connectivity index (χ2n) is 8.75. The normalized spacial score (nSPS) is 17.2. The number of hydrogen-bond donors (Lipinski definition) is 0. The van der Waals surface area contributed by atoms with Gasteiger partial charge in [-0.25, -0.2) is 0 Å². The Morgan fingerprint density at radius 2 is 1.15 bits per heavy atom. The van der Waals surface area contributed by atoms with Crippen molar-refractivity contribution in [1.29, 1.82) is 0 Å². The number of benzene rings is 3. The molecule has 0 N–H and O–H groups in total. The topological polar surface area (TPSA) is 0 Å². The second kappa shape index (κ2) is 4.96. The van der Waals surface area contributed by atoms with Crippen molar-refractivity contribution in [2.45, 2.75) is 26.2 Å². The predicted octanol–water partition coefficient (Wildman–Crippen LogP) is 3.94. The van der Waals surface area contributed by atoms with Gasteiger partial charge >= 0.3 is 0 Å². The van der Waals surface area contributed by atoms with Crippen LogP contribution in [0.25, 0.3) is 28.3 Å². The molecule has 0 nitrogen and oxygen atoms in total. The van der Waals surface area contributed by atoms with Crippen LogP contribution in [0, 0.1) is 0 Å². The quantitative estimate of drug-likeness (QED) is 0.571. The third kappa shape index (κ3) is 1.84. The minimum atomic E-state index is -1.67. The molecule has 0 saturated carbocycles. The van der Waals surface area contributed by atoms with Crippen LogP contribution in [0.4, 0.5) is 0 Å². The Hall–Kier alpha value is -2.17. The van der Waals surface area contributed by atoms with Crippen LogP contribution in [-0.2, 0) is 0 Å². The smallest absolute Gasteiger partial charge is 0.0985 e. The van der Waals surface area contributed by atoms with Gasteiger partial charge in [0.15, 0.2) is 0 Å². The Morgan fingerprint density at radius 3 is 1.81 bits per heavy atom. The van der Waals surface area contributed by atoms with E-state index >= 15 is 0 Å². The van der Waals surface area contributed by atoms with Crippen molar-refractivity contribution in [2.75, 3.05) is 0 Å². The Morgan fingerprint density at radius 1 is 0.615 bits per heavy atom. The fourth-order valence-corrected chi connectivity index (χ4v) is 11.2. The van der Waals surface area contributed by atoms with Gasteiger partial charge in [0.25, 0.3) is 0 Å². The summed E-state index contributed by atoms with van der Waals surface area (Å²) in [7, 11) is -3.28. The Kier molecular flexibility index (Phi) is 3.06. The molecular weight excluding hydrogens is 344 g/mol. The molecule has 2 aliphatic heterocycles. The monoisotopic (exact) mass is 368 g/mol. The minimum Gasteiger partial charge on any atom is -0.0985 e. The van der Waals surface area contributed by atoms with Gasteiger partial charge in [-0.1, -0.05) is 93.4 Å². The van der Waals surface area contributed by atoms with Crippen LogP contribution in [0.3, 0.4) is 0 Å². The van der Waals surface area contributed by atoms with E-state index in [0.29, 0.717) is 0 Å². The molecule has 2 heterocycles. The van der Waals surface area contributed by atoms with Gasteiger partial charge in [0.1, 0.15) is 16.1 Å². The highest BCUT2D eigenvalue weighted by atomic mass is 28.3. The first-order valence-electron chi connectivity index (χ1n) is 9.42. The molecule has 0 fully saturated rings. The van der Waals surface area contributed by atoms with Gasteiger partial charge in [0.05, 0.1) is 0 Å². The molecule has 5 rings (SSSR count). The fraction of sp³-hybridized carbons (Fsp3) is 0.167. The van der Waals surface area contributed by atoms with Gasteiger partial charge in [0.2, 0.25) is 0 Å². The summed E-state index contributed by atoms with van der Waals surface area (Å²) in [5.41, 5.74) is 7.19. The van der Waals surface area contributed by atoms with Crippen molar-refractivity contribution in [1.82, 2.24) is 0 Å². The van der Waals surface area contributed by atoms with Crippen molar-refractivity contribution in [3.05, 3.63) is 66.7 Å². The summed E-state index contributed by atoms with van der Waals surface area (Å²) in [5.74, 6) is 0. The predicted molar refractivity (Wildman–Crippen MR) is 121 cm³/mol. The molecule has 3 aromatic rings. The lowest BCUT2D eigenvalue weighted by molar-refractivity contribution is 1.68. The van der Waals surface area contributed by atoms with Gasteiger partial charge < -0.3 is 0 Å². The van der Waals surface area contributed by atoms with Crippen LogP contribution in [0.5, 0.6) is 0 Å². The Labute approximate surface area is 158 Å². The molecule has 0 unspecified atom stereocenters. The van der Waals surface area contributed by atoms with E-state index in [1.54, 1.807) is 20.7 Å². The first-order chi connectivity index (χ1) is 12.4. The standard InChI is InChI=1S/C24H24Si2/c1-6-16-11-12-18-20-15-23-19(14-24(20)26(4,5)22(18)13-16)17-9-7-8-10-21(17)25(23,2)3/h6-15H,1H2,2-5H3. The molecule has 2 aliphatic rings. The number of fused-ring (bicyclic) bond motifs is 6. The maximum absolute atomic E-state index is 3.97. The minimum absolute atomic E-state index is 1.24. The van der Waals surface area contributed by atoms with Gasteiger partial charge in [-0.05, 0) is 48.6 Å². The molecule has 2 heteroatoms. The summed E-state index contributed by atoms with van der Waals surface area (Å²) < 4.78 is 0. The zero-order valence-electron chi connectivity index (χ0n) is 16.0. The first kappa shape index (κ1) is 16.0. The van der Waals surface area contributed by atoms with Crippen LogP contribution in [0.2, 0.25) is 26.2 Å². The molecule has 26 heavy (non-hydrogen) atoms. The van der Waals surface area contributed by atoms with Crippen molar-refractivity contribution >= 4 is 43.0 Å². The Bertz CT molecular complexity index is 1100. The molecule has 0 atom stereocenters. The third-order valence-electron chi connectivity index (χ3n) is 6.64. The van der Waals surface area contributed by atoms with Gasteiger partial charge in [0, 0.05) is 0 Å². The van der Waals surface area contributed by atoms with Crippen molar-refractivity contribution < 1.29 is 0 Å². The molecule has 128 valence electrons. The lowest BCUT2D eigenvalue weighted by Gasteiger charge is -2.22. The van der Waals surface area contributed by atoms with E-state index in [-0.39, 0.29) is 0 Å². The maximum Gasteiger partial charge on any atom is 0.113 e. The molecular formula is C24H24Si2. The number of hydrogen-bond acceptors (Lipinski definition) is 0. The van der Waals surface area contributed by atoms with E-state index in [2.05, 4.69) is 87.4 Å². The summed E-state index contributed by atoms with van der Waals surface area (Å²) in [6.07, 6.45) is 1.97. The van der Waals surface area contributed by atoms with E-state index < -0.39 is 16.1 Å². The molecule has 0 radical (unpaired) electrons. The largest absolute Gasteiger partial charge is 0.113 e. The average Bonchev–Trinajstić information content (AvgIpc) is 3.00. The lowest BCUT2D eigenvalue weighted by Crippen LogP contribution is -2.51. The van der Waals surface area contributed by atoms with Crippen LogP contribution in [0.1, 0.15) is 5.56 Å². The molecule has 0 bridgehead atoms. The molecule has 0 aromatic heterocycles. The van der Waals surface area contributed by atoms with Gasteiger partial charge in [-0.15, -0.1) is 0 Å². The second-order valence-corrected chi connectivity index (χ2v) is 17.4. The van der Waals surface area contributed by atoms with E-state index in [1.807, 2.05) is 6.08 Å². The SMILES string of the molecule is C=Cc1ccc2c(c1)[Si](C)(C)c1cc3c(cc1-2)[Si](C)(C)c1ccccc1-3. The van der Waals surface area contributed by atoms with E-state index in [4.69, 9.17) is 0 Å². The van der Waals surface area contributed by atoms with Crippen LogP contribution in [-0.4, -0.2) is 16.1 Å². The summed E-state index contributed by atoms with van der Waals surface area (Å²) in [4.78, 5) is 0. The summed E-state index contributed by atoms with van der Waals surface area (Å²) in [6, 6.07) is 21.1. The molecule has 0 aliphatic carbocycles. The van der Waals surface area contributed by atoms with Crippen LogP contribution in [0.15, 0.2) is 61.2 Å². The molecule has 0 spiro atoms. The first-order valence-corrected chi connectivity index (χ1v) is 15.4. The van der Waals surface area contributed by atoms with Crippen LogP contribution >= 0.6 is 0 Å². The molecule has 3 aromatic carbocycles. The van der Waals surface area contributed by atoms with Crippen molar-refractivity contribution in [3.8, 4) is 22.3 Å². The highest BCUT2D eigenvalue weighted by Crippen LogP contribution is 2.34. The Balaban J connectivity index is 1.84. The molecule has 0 amide bonds. The summed E-state index contributed by atoms with van der Waals surface area (Å²) in [6.45, 7) is 14.0. The summed E-state index contributed by atoms with van der Waals surface area (Å²) in [5, 5.41) is 6.39. The van der Waals surface area contributed by atoms with E-state index in [1.165, 1.54) is 27.8 Å². The van der Waals surface area contributed by atoms with Crippen molar-refractivity contribution in [2.24, 2.45) is 0 Å². The summed E-state index contributed by atoms with van der Waals surface area (Å²) >= 11 is 0. The van der Waals surface area contributed by atoms with Gasteiger partial charge in [-0.2, -0.15) is 0 Å². The molecule has 0 saturated heterocycles. The third-order valence-corrected chi connectivity index (χ3v) is 13.7. The van der Waals surface area contributed by atoms with E-state index in [0.717, 1.165) is 0 Å². The zero-order chi connectivity index (χ0) is 18.3. The average molecular weight is 369 g/mol. The van der Waals surface area contributed by atoms with Crippen molar-refractivity contribution in [3.63, 3.8) is 0 Å². The van der Waals surface area contributed by atoms with Crippen LogP contribution < -0.4 is 20.7 Å².